The van der Waals surface area contributed by atoms with Gasteiger partial charge in [-0.15, -0.1) is 11.8 Å². The summed E-state index contributed by atoms with van der Waals surface area (Å²) in [4.78, 5) is 4.17. The van der Waals surface area contributed by atoms with Crippen molar-refractivity contribution in [1.29, 1.82) is 5.39 Å². The first-order valence-electron chi connectivity index (χ1n) is 5.30. The molecule has 0 aliphatic heterocycles. The number of ether oxygens (including phenoxy) is 1. The van der Waals surface area contributed by atoms with E-state index in [1.54, 1.807) is 11.8 Å². The van der Waals surface area contributed by atoms with E-state index >= 15 is 0 Å². The molecule has 0 heterocycles. The molecule has 3 nitrogen and oxygen atoms in total. The molecule has 0 aliphatic carbocycles. The first-order valence-corrected chi connectivity index (χ1v) is 7.28. The maximum atomic E-state index is 8.69. The van der Waals surface area contributed by atoms with Crippen LogP contribution in [-0.4, -0.2) is 6.26 Å². The van der Waals surface area contributed by atoms with E-state index in [4.69, 9.17) is 33.3 Å². The lowest BCUT2D eigenvalue weighted by Gasteiger charge is -2.08. The Kier molecular flexibility index (Phi) is 4.54. The van der Waals surface area contributed by atoms with E-state index in [1.165, 1.54) is 12.1 Å². The molecule has 6 heteroatoms. The predicted molar refractivity (Wildman–Crippen MR) is 79.5 cm³/mol. The standard InChI is InChI=1S/C13H9Cl2N2OS/c1-19-10-4-2-9(3-5-10)18-13-11(14)6-8(17-16)7-12(13)15/h2-7H,1H3/q+1. The third kappa shape index (κ3) is 3.32. The quantitative estimate of drug-likeness (QED) is 0.516. The Hall–Kier alpha value is -1.41. The average Bonchev–Trinajstić information content (AvgIpc) is 2.43. The smallest absolute Gasteiger partial charge is 0.388 e. The van der Waals surface area contributed by atoms with Crippen LogP contribution in [0.2, 0.25) is 10.0 Å². The summed E-state index contributed by atoms with van der Waals surface area (Å²) in [6, 6.07) is 10.5. The van der Waals surface area contributed by atoms with Crippen molar-refractivity contribution in [1.82, 2.24) is 0 Å². The molecule has 0 fully saturated rings. The Balaban J connectivity index is 2.30. The highest BCUT2D eigenvalue weighted by Gasteiger charge is 2.16. The number of halogens is 2. The molecule has 0 bridgehead atoms. The summed E-state index contributed by atoms with van der Waals surface area (Å²) in [5.41, 5.74) is 0.278. The minimum Gasteiger partial charge on any atom is -0.454 e. The van der Waals surface area contributed by atoms with Gasteiger partial charge in [-0.05, 0) is 30.5 Å². The molecule has 0 aliphatic rings. The Bertz CT molecular complexity index is 615. The van der Waals surface area contributed by atoms with Crippen LogP contribution in [0.4, 0.5) is 5.69 Å². The van der Waals surface area contributed by atoms with Crippen molar-refractivity contribution in [2.45, 2.75) is 4.90 Å². The summed E-state index contributed by atoms with van der Waals surface area (Å²) < 4.78 is 5.64. The molecule has 0 spiro atoms. The lowest BCUT2D eigenvalue weighted by molar-refractivity contribution is 0.483. The number of nitrogens with zero attached hydrogens (tertiary/aromatic N) is 2. The van der Waals surface area contributed by atoms with Gasteiger partial charge in [-0.25, -0.2) is 0 Å². The third-order valence-corrected chi connectivity index (χ3v) is 3.68. The van der Waals surface area contributed by atoms with Crippen LogP contribution in [0.5, 0.6) is 11.5 Å². The van der Waals surface area contributed by atoms with Crippen LogP contribution in [0.1, 0.15) is 0 Å². The van der Waals surface area contributed by atoms with Gasteiger partial charge < -0.3 is 4.74 Å². The highest BCUT2D eigenvalue weighted by Crippen LogP contribution is 2.39. The highest BCUT2D eigenvalue weighted by atomic mass is 35.5. The van der Waals surface area contributed by atoms with E-state index in [-0.39, 0.29) is 15.7 Å². The lowest BCUT2D eigenvalue weighted by Crippen LogP contribution is -1.86. The molecule has 96 valence electrons. The van der Waals surface area contributed by atoms with Gasteiger partial charge in [0.1, 0.15) is 5.75 Å². The number of diazo groups is 1. The molecule has 0 N–H and O–H groups in total. The summed E-state index contributed by atoms with van der Waals surface area (Å²) in [5.74, 6) is 0.975. The van der Waals surface area contributed by atoms with E-state index < -0.39 is 0 Å². The molecule has 0 amide bonds. The molecule has 0 aromatic heterocycles. The normalized spacial score (nSPS) is 10.0. The minimum atomic E-state index is 0.278. The molecule has 0 saturated heterocycles. The summed E-state index contributed by atoms with van der Waals surface area (Å²) in [6.07, 6.45) is 2.00. The molecule has 0 unspecified atom stereocenters. The summed E-state index contributed by atoms with van der Waals surface area (Å²) in [7, 11) is 0. The van der Waals surface area contributed by atoms with Crippen LogP contribution in [0.3, 0.4) is 0 Å². The van der Waals surface area contributed by atoms with E-state index in [2.05, 4.69) is 4.98 Å². The third-order valence-electron chi connectivity index (χ3n) is 2.38. The summed E-state index contributed by atoms with van der Waals surface area (Å²) in [6.45, 7) is 0. The van der Waals surface area contributed by atoms with Crippen LogP contribution in [0.25, 0.3) is 4.98 Å². The maximum Gasteiger partial charge on any atom is 0.388 e. The van der Waals surface area contributed by atoms with Crippen molar-refractivity contribution in [2.24, 2.45) is 0 Å². The number of hydrogen-bond donors (Lipinski definition) is 0. The second-order valence-electron chi connectivity index (χ2n) is 3.62. The van der Waals surface area contributed by atoms with Crippen molar-refractivity contribution in [3.05, 3.63) is 51.4 Å². The van der Waals surface area contributed by atoms with Gasteiger partial charge >= 0.3 is 5.69 Å². The molecule has 2 aromatic carbocycles. The maximum absolute atomic E-state index is 8.69. The lowest BCUT2D eigenvalue weighted by atomic mass is 10.3. The fourth-order valence-electron chi connectivity index (χ4n) is 1.46. The summed E-state index contributed by atoms with van der Waals surface area (Å²) >= 11 is 13.7. The van der Waals surface area contributed by atoms with Crippen LogP contribution >= 0.6 is 35.0 Å². The van der Waals surface area contributed by atoms with Gasteiger partial charge in [-0.1, -0.05) is 23.2 Å². The number of benzene rings is 2. The van der Waals surface area contributed by atoms with Crippen LogP contribution in [0, 0.1) is 5.39 Å². The van der Waals surface area contributed by atoms with Gasteiger partial charge in [0.15, 0.2) is 10.7 Å². The molecule has 2 rings (SSSR count). The van der Waals surface area contributed by atoms with Gasteiger partial charge in [0, 0.05) is 4.90 Å². The zero-order valence-corrected chi connectivity index (χ0v) is 12.3. The average molecular weight is 312 g/mol. The van der Waals surface area contributed by atoms with Gasteiger partial charge in [-0.3, -0.25) is 0 Å². The van der Waals surface area contributed by atoms with Crippen LogP contribution in [0.15, 0.2) is 41.3 Å². The first kappa shape index (κ1) is 14.0. The van der Waals surface area contributed by atoms with E-state index in [0.29, 0.717) is 11.5 Å². The zero-order valence-electron chi connectivity index (χ0n) is 9.93. The number of thioether (sulfide) groups is 1. The zero-order chi connectivity index (χ0) is 13.8. The molecule has 0 radical (unpaired) electrons. The minimum absolute atomic E-state index is 0.278. The van der Waals surface area contributed by atoms with Crippen molar-refractivity contribution < 1.29 is 4.74 Å². The Labute approximate surface area is 125 Å². The molecule has 0 saturated carbocycles. The SMILES string of the molecule is CSc1ccc(Oc2c(Cl)cc([N+]#N)cc2Cl)cc1. The molecular weight excluding hydrogens is 303 g/mol. The second-order valence-corrected chi connectivity index (χ2v) is 5.31. The molecule has 0 atom stereocenters. The molecule has 2 aromatic rings. The molecule has 19 heavy (non-hydrogen) atoms. The van der Waals surface area contributed by atoms with Crippen molar-refractivity contribution in [3.63, 3.8) is 0 Å². The number of rotatable bonds is 3. The van der Waals surface area contributed by atoms with Gasteiger partial charge in [-0.2, -0.15) is 0 Å². The van der Waals surface area contributed by atoms with Crippen molar-refractivity contribution in [2.75, 3.05) is 6.26 Å². The topological polar surface area (TPSA) is 37.4 Å². The predicted octanol–water partition coefficient (Wildman–Crippen LogP) is 5.99. The summed E-state index contributed by atoms with van der Waals surface area (Å²) in [5, 5.41) is 9.26. The molecular formula is C13H9Cl2N2OS+. The fraction of sp³-hybridized carbons (Fsp3) is 0.0769. The van der Waals surface area contributed by atoms with Gasteiger partial charge in [0.25, 0.3) is 0 Å². The Morgan fingerprint density at radius 3 is 2.16 bits per heavy atom. The largest absolute Gasteiger partial charge is 0.454 e. The van der Waals surface area contributed by atoms with Crippen LogP contribution in [-0.2, 0) is 0 Å². The van der Waals surface area contributed by atoms with Crippen LogP contribution < -0.4 is 4.74 Å². The Morgan fingerprint density at radius 2 is 1.68 bits per heavy atom. The van der Waals surface area contributed by atoms with Gasteiger partial charge in [0.05, 0.1) is 22.2 Å². The number of hydrogen-bond acceptors (Lipinski definition) is 3. The monoisotopic (exact) mass is 311 g/mol. The van der Waals surface area contributed by atoms with Crippen molar-refractivity contribution in [3.8, 4) is 11.5 Å². The Morgan fingerprint density at radius 1 is 1.11 bits per heavy atom. The van der Waals surface area contributed by atoms with E-state index in [1.807, 2.05) is 30.5 Å². The first-order chi connectivity index (χ1) is 9.13. The second kappa shape index (κ2) is 6.16. The van der Waals surface area contributed by atoms with E-state index in [0.717, 1.165) is 4.90 Å². The van der Waals surface area contributed by atoms with Gasteiger partial charge in [0.2, 0.25) is 5.39 Å². The van der Waals surface area contributed by atoms with Crippen molar-refractivity contribution >= 4 is 40.7 Å². The van der Waals surface area contributed by atoms with E-state index in [9.17, 15) is 0 Å². The fourth-order valence-corrected chi connectivity index (χ4v) is 2.42. The highest BCUT2D eigenvalue weighted by molar-refractivity contribution is 7.98.